The van der Waals surface area contributed by atoms with E-state index >= 15 is 0 Å². The first-order valence-corrected chi connectivity index (χ1v) is 10.4. The molecule has 2 aromatic heterocycles. The van der Waals surface area contributed by atoms with E-state index in [0.29, 0.717) is 41.5 Å². The van der Waals surface area contributed by atoms with Crippen molar-refractivity contribution in [2.75, 3.05) is 25.9 Å². The number of nitrogens with two attached hydrogens (primary N) is 1. The van der Waals surface area contributed by atoms with Crippen LogP contribution < -0.4 is 10.5 Å². The van der Waals surface area contributed by atoms with Crippen LogP contribution in [0.25, 0.3) is 11.3 Å². The van der Waals surface area contributed by atoms with Crippen LogP contribution in [0.15, 0.2) is 48.7 Å². The van der Waals surface area contributed by atoms with Gasteiger partial charge in [-0.25, -0.2) is 0 Å². The maximum Gasteiger partial charge on any atom is 0.416 e. The third kappa shape index (κ3) is 4.89. The second-order valence-electron chi connectivity index (χ2n) is 7.80. The van der Waals surface area contributed by atoms with Crippen molar-refractivity contribution in [3.05, 3.63) is 65.5 Å². The largest absolute Gasteiger partial charge is 0.494 e. The summed E-state index contributed by atoms with van der Waals surface area (Å²) in [6.07, 6.45) is -1.49. The number of alkyl halides is 3. The number of aromatic nitrogens is 3. The predicted octanol–water partition coefficient (Wildman–Crippen LogP) is 4.17. The molecule has 0 unspecified atom stereocenters. The molecule has 3 heterocycles. The molecule has 1 saturated heterocycles. The average Bonchev–Trinajstić information content (AvgIpc) is 2.83. The molecule has 33 heavy (non-hydrogen) atoms. The summed E-state index contributed by atoms with van der Waals surface area (Å²) in [6, 6.07) is 9.80. The zero-order valence-corrected chi connectivity index (χ0v) is 17.8. The second kappa shape index (κ2) is 9.05. The first-order chi connectivity index (χ1) is 15.8. The second-order valence-corrected chi connectivity index (χ2v) is 7.80. The van der Waals surface area contributed by atoms with E-state index in [0.717, 1.165) is 30.7 Å². The SMILES string of the molecule is COc1cc(C(=O)N2CCC(c3ccc(N)nn3)CC2)cnc1-c1ccc(C(F)(F)F)cc1. The summed E-state index contributed by atoms with van der Waals surface area (Å²) in [4.78, 5) is 19.1. The number of carbonyl (C=O) groups is 1. The normalized spacial score (nSPS) is 14.8. The Kier molecular flexibility index (Phi) is 6.17. The molecule has 7 nitrogen and oxygen atoms in total. The molecule has 1 amide bonds. The Morgan fingerprint density at radius 1 is 1.09 bits per heavy atom. The number of anilines is 1. The van der Waals surface area contributed by atoms with Gasteiger partial charge in [-0.15, -0.1) is 5.10 Å². The number of halogens is 3. The van der Waals surface area contributed by atoms with E-state index in [4.69, 9.17) is 10.5 Å². The molecular formula is C23H22F3N5O2. The molecule has 1 fully saturated rings. The molecule has 172 valence electrons. The zero-order chi connectivity index (χ0) is 23.6. The molecule has 2 N–H and O–H groups in total. The first-order valence-electron chi connectivity index (χ1n) is 10.4. The van der Waals surface area contributed by atoms with Crippen molar-refractivity contribution in [2.24, 2.45) is 0 Å². The number of nitrogen functional groups attached to an aromatic ring is 1. The van der Waals surface area contributed by atoms with Crippen molar-refractivity contribution in [3.8, 4) is 17.0 Å². The minimum Gasteiger partial charge on any atom is -0.494 e. The maximum atomic E-state index is 13.0. The van der Waals surface area contributed by atoms with Gasteiger partial charge in [0.1, 0.15) is 17.3 Å². The molecule has 0 aliphatic carbocycles. The van der Waals surface area contributed by atoms with Crippen molar-refractivity contribution in [2.45, 2.75) is 24.9 Å². The molecule has 0 bridgehead atoms. The van der Waals surface area contributed by atoms with Crippen molar-refractivity contribution in [1.82, 2.24) is 20.1 Å². The van der Waals surface area contributed by atoms with Crippen LogP contribution in [0.3, 0.4) is 0 Å². The van der Waals surface area contributed by atoms with E-state index in [1.807, 2.05) is 6.07 Å². The highest BCUT2D eigenvalue weighted by Crippen LogP contribution is 2.34. The summed E-state index contributed by atoms with van der Waals surface area (Å²) in [6.45, 7) is 1.11. The van der Waals surface area contributed by atoms with Crippen LogP contribution >= 0.6 is 0 Å². The van der Waals surface area contributed by atoms with Gasteiger partial charge in [-0.1, -0.05) is 12.1 Å². The topological polar surface area (TPSA) is 94.2 Å². The lowest BCUT2D eigenvalue weighted by molar-refractivity contribution is -0.137. The van der Waals surface area contributed by atoms with Gasteiger partial charge in [0.15, 0.2) is 0 Å². The summed E-state index contributed by atoms with van der Waals surface area (Å²) >= 11 is 0. The third-order valence-corrected chi connectivity index (χ3v) is 5.71. The van der Waals surface area contributed by atoms with Gasteiger partial charge in [0, 0.05) is 30.8 Å². The van der Waals surface area contributed by atoms with Gasteiger partial charge in [0.25, 0.3) is 5.91 Å². The molecule has 0 saturated carbocycles. The highest BCUT2D eigenvalue weighted by Gasteiger charge is 2.30. The average molecular weight is 457 g/mol. The number of hydrogen-bond acceptors (Lipinski definition) is 6. The van der Waals surface area contributed by atoms with Gasteiger partial charge in [-0.2, -0.15) is 18.3 Å². The van der Waals surface area contributed by atoms with Gasteiger partial charge in [-0.3, -0.25) is 9.78 Å². The van der Waals surface area contributed by atoms with E-state index in [1.165, 1.54) is 25.4 Å². The van der Waals surface area contributed by atoms with E-state index in [2.05, 4.69) is 15.2 Å². The molecular weight excluding hydrogens is 435 g/mol. The highest BCUT2D eigenvalue weighted by molar-refractivity contribution is 5.95. The number of rotatable bonds is 4. The monoisotopic (exact) mass is 457 g/mol. The number of ether oxygens (including phenoxy) is 1. The fourth-order valence-electron chi connectivity index (χ4n) is 3.88. The summed E-state index contributed by atoms with van der Waals surface area (Å²) in [5.41, 5.74) is 6.89. The molecule has 1 aromatic carbocycles. The van der Waals surface area contributed by atoms with Crippen LogP contribution in [0.1, 0.15) is 40.4 Å². The fraction of sp³-hybridized carbons (Fsp3) is 0.304. The predicted molar refractivity (Wildman–Crippen MR) is 116 cm³/mol. The standard InChI is InChI=1S/C23H22F3N5O2/c1-33-19-12-16(13-28-21(19)15-2-4-17(5-3-15)23(24,25)26)22(32)31-10-8-14(9-11-31)18-6-7-20(27)30-29-18/h2-7,12-14H,8-11H2,1H3,(H2,27,30). The van der Waals surface area contributed by atoms with E-state index in [9.17, 15) is 18.0 Å². The summed E-state index contributed by atoms with van der Waals surface area (Å²) in [5, 5.41) is 8.04. The lowest BCUT2D eigenvalue weighted by atomic mass is 9.93. The number of hydrogen-bond donors (Lipinski definition) is 1. The zero-order valence-electron chi connectivity index (χ0n) is 17.8. The molecule has 0 radical (unpaired) electrons. The Balaban J connectivity index is 1.47. The molecule has 1 aliphatic heterocycles. The number of carbonyl (C=O) groups excluding carboxylic acids is 1. The fourth-order valence-corrected chi connectivity index (χ4v) is 3.88. The molecule has 10 heteroatoms. The number of pyridine rings is 1. The number of nitrogens with zero attached hydrogens (tertiary/aromatic N) is 4. The summed E-state index contributed by atoms with van der Waals surface area (Å²) < 4.78 is 43.9. The van der Waals surface area contributed by atoms with Crippen LogP contribution in [0, 0.1) is 0 Å². The molecule has 0 atom stereocenters. The number of piperidine rings is 1. The minimum absolute atomic E-state index is 0.179. The Labute approximate surface area is 188 Å². The van der Waals surface area contributed by atoms with Crippen LogP contribution in [0.2, 0.25) is 0 Å². The van der Waals surface area contributed by atoms with Crippen molar-refractivity contribution in [1.29, 1.82) is 0 Å². The van der Waals surface area contributed by atoms with Crippen LogP contribution in [0.4, 0.5) is 19.0 Å². The number of methoxy groups -OCH3 is 1. The van der Waals surface area contributed by atoms with Crippen molar-refractivity contribution >= 4 is 11.7 Å². The quantitative estimate of drug-likeness (QED) is 0.632. The van der Waals surface area contributed by atoms with E-state index in [1.54, 1.807) is 17.0 Å². The van der Waals surface area contributed by atoms with E-state index < -0.39 is 11.7 Å². The molecule has 4 rings (SSSR count). The Morgan fingerprint density at radius 2 is 1.79 bits per heavy atom. The number of likely N-dealkylation sites (tertiary alicyclic amines) is 1. The Bertz CT molecular complexity index is 1130. The minimum atomic E-state index is -4.42. The van der Waals surface area contributed by atoms with Gasteiger partial charge < -0.3 is 15.4 Å². The van der Waals surface area contributed by atoms with Gasteiger partial charge in [-0.05, 0) is 43.2 Å². The van der Waals surface area contributed by atoms with Gasteiger partial charge in [0.2, 0.25) is 0 Å². The summed E-state index contributed by atoms with van der Waals surface area (Å²) in [7, 11) is 1.43. The van der Waals surface area contributed by atoms with Crippen LogP contribution in [0.5, 0.6) is 5.75 Å². The van der Waals surface area contributed by atoms with Crippen LogP contribution in [-0.4, -0.2) is 46.2 Å². The number of amides is 1. The Hall–Kier alpha value is -3.69. The van der Waals surface area contributed by atoms with Gasteiger partial charge >= 0.3 is 6.18 Å². The highest BCUT2D eigenvalue weighted by atomic mass is 19.4. The molecule has 3 aromatic rings. The third-order valence-electron chi connectivity index (χ3n) is 5.71. The van der Waals surface area contributed by atoms with Crippen molar-refractivity contribution in [3.63, 3.8) is 0 Å². The van der Waals surface area contributed by atoms with E-state index in [-0.39, 0.29) is 11.8 Å². The maximum absolute atomic E-state index is 13.0. The van der Waals surface area contributed by atoms with Gasteiger partial charge in [0.05, 0.1) is 23.9 Å². The Morgan fingerprint density at radius 3 is 2.36 bits per heavy atom. The summed E-state index contributed by atoms with van der Waals surface area (Å²) in [5.74, 6) is 0.707. The van der Waals surface area contributed by atoms with Crippen LogP contribution in [-0.2, 0) is 6.18 Å². The lowest BCUT2D eigenvalue weighted by Crippen LogP contribution is -2.38. The smallest absolute Gasteiger partial charge is 0.416 e. The molecule has 1 aliphatic rings. The van der Waals surface area contributed by atoms with Crippen molar-refractivity contribution < 1.29 is 22.7 Å². The number of benzene rings is 1. The first kappa shape index (κ1) is 22.5. The molecule has 0 spiro atoms. The lowest BCUT2D eigenvalue weighted by Gasteiger charge is -2.31.